The van der Waals surface area contributed by atoms with Gasteiger partial charge in [-0.2, -0.15) is 13.2 Å². The molecular formula is C11H14F3NO. The molecule has 2 nitrogen and oxygen atoms in total. The topological polar surface area (TPSA) is 46.2 Å². The Morgan fingerprint density at radius 2 is 1.88 bits per heavy atom. The van der Waals surface area contributed by atoms with Gasteiger partial charge in [0.05, 0.1) is 5.56 Å². The highest BCUT2D eigenvalue weighted by atomic mass is 19.4. The van der Waals surface area contributed by atoms with Crippen molar-refractivity contribution in [2.75, 3.05) is 13.2 Å². The second kappa shape index (κ2) is 5.32. The van der Waals surface area contributed by atoms with Crippen molar-refractivity contribution in [3.05, 3.63) is 35.4 Å². The van der Waals surface area contributed by atoms with Crippen LogP contribution in [0.25, 0.3) is 0 Å². The van der Waals surface area contributed by atoms with E-state index in [1.54, 1.807) is 6.07 Å². The van der Waals surface area contributed by atoms with E-state index < -0.39 is 17.7 Å². The highest BCUT2D eigenvalue weighted by Gasteiger charge is 2.34. The van der Waals surface area contributed by atoms with Crippen molar-refractivity contribution in [2.24, 2.45) is 5.73 Å². The lowest BCUT2D eigenvalue weighted by Gasteiger charge is -2.19. The first-order valence-corrected chi connectivity index (χ1v) is 4.97. The summed E-state index contributed by atoms with van der Waals surface area (Å²) in [7, 11) is 0. The monoisotopic (exact) mass is 233 g/mol. The third-order valence-electron chi connectivity index (χ3n) is 2.47. The Balaban J connectivity index is 3.11. The molecule has 1 atom stereocenters. The van der Waals surface area contributed by atoms with Crippen LogP contribution in [0.1, 0.15) is 23.5 Å². The summed E-state index contributed by atoms with van der Waals surface area (Å²) in [4.78, 5) is 0. The van der Waals surface area contributed by atoms with Crippen molar-refractivity contribution in [3.63, 3.8) is 0 Å². The molecule has 0 aliphatic carbocycles. The molecule has 1 unspecified atom stereocenters. The van der Waals surface area contributed by atoms with Crippen LogP contribution in [-0.2, 0) is 6.18 Å². The molecule has 3 N–H and O–H groups in total. The van der Waals surface area contributed by atoms with Crippen molar-refractivity contribution in [1.82, 2.24) is 0 Å². The van der Waals surface area contributed by atoms with Crippen molar-refractivity contribution in [3.8, 4) is 0 Å². The van der Waals surface area contributed by atoms with Gasteiger partial charge in [-0.25, -0.2) is 0 Å². The molecule has 0 aromatic heterocycles. The summed E-state index contributed by atoms with van der Waals surface area (Å²) in [5.74, 6) is -0.456. The van der Waals surface area contributed by atoms with Crippen LogP contribution in [0, 0.1) is 0 Å². The molecule has 0 spiro atoms. The van der Waals surface area contributed by atoms with E-state index in [0.717, 1.165) is 6.07 Å². The maximum Gasteiger partial charge on any atom is 0.416 e. The molecule has 1 rings (SSSR count). The Morgan fingerprint density at radius 1 is 1.25 bits per heavy atom. The molecule has 0 aliphatic heterocycles. The zero-order valence-electron chi connectivity index (χ0n) is 8.67. The van der Waals surface area contributed by atoms with Crippen LogP contribution < -0.4 is 5.73 Å². The quantitative estimate of drug-likeness (QED) is 0.836. The van der Waals surface area contributed by atoms with Gasteiger partial charge in [-0.1, -0.05) is 18.2 Å². The first-order valence-electron chi connectivity index (χ1n) is 4.97. The molecular weight excluding hydrogens is 219 g/mol. The van der Waals surface area contributed by atoms with Gasteiger partial charge < -0.3 is 10.8 Å². The summed E-state index contributed by atoms with van der Waals surface area (Å²) < 4.78 is 38.0. The van der Waals surface area contributed by atoms with Gasteiger partial charge >= 0.3 is 6.18 Å². The molecule has 0 bridgehead atoms. The van der Waals surface area contributed by atoms with E-state index in [0.29, 0.717) is 0 Å². The lowest BCUT2D eigenvalue weighted by Crippen LogP contribution is -2.18. The van der Waals surface area contributed by atoms with Gasteiger partial charge in [0.1, 0.15) is 0 Å². The highest BCUT2D eigenvalue weighted by molar-refractivity contribution is 5.33. The highest BCUT2D eigenvalue weighted by Crippen LogP contribution is 2.35. The molecule has 0 heterocycles. The average molecular weight is 233 g/mol. The molecule has 0 radical (unpaired) electrons. The number of halogens is 3. The van der Waals surface area contributed by atoms with E-state index in [2.05, 4.69) is 0 Å². The number of hydrogen-bond donors (Lipinski definition) is 2. The minimum atomic E-state index is -4.38. The van der Waals surface area contributed by atoms with Crippen molar-refractivity contribution < 1.29 is 18.3 Å². The van der Waals surface area contributed by atoms with E-state index in [-0.39, 0.29) is 25.1 Å². The molecule has 1 aromatic rings. The maximum absolute atomic E-state index is 12.7. The van der Waals surface area contributed by atoms with Gasteiger partial charge in [0.15, 0.2) is 0 Å². The summed E-state index contributed by atoms with van der Waals surface area (Å²) in [6, 6.07) is 5.34. The maximum atomic E-state index is 12.7. The van der Waals surface area contributed by atoms with Crippen LogP contribution in [0.5, 0.6) is 0 Å². The van der Waals surface area contributed by atoms with E-state index in [9.17, 15) is 13.2 Å². The zero-order valence-corrected chi connectivity index (χ0v) is 8.67. The van der Waals surface area contributed by atoms with Crippen molar-refractivity contribution in [2.45, 2.75) is 18.5 Å². The Labute approximate surface area is 91.9 Å². The van der Waals surface area contributed by atoms with Crippen molar-refractivity contribution in [1.29, 1.82) is 0 Å². The number of rotatable bonds is 4. The summed E-state index contributed by atoms with van der Waals surface area (Å²) in [5.41, 5.74) is 4.92. The summed E-state index contributed by atoms with van der Waals surface area (Å²) in [6.45, 7) is -0.0816. The molecule has 0 aliphatic rings. The van der Waals surface area contributed by atoms with E-state index >= 15 is 0 Å². The van der Waals surface area contributed by atoms with Crippen LogP contribution >= 0.6 is 0 Å². The van der Waals surface area contributed by atoms with Gasteiger partial charge in [0, 0.05) is 6.61 Å². The Bertz CT molecular complexity index is 338. The van der Waals surface area contributed by atoms with Gasteiger partial charge in [-0.15, -0.1) is 0 Å². The fourth-order valence-corrected chi connectivity index (χ4v) is 1.67. The third kappa shape index (κ3) is 2.96. The van der Waals surface area contributed by atoms with Crippen LogP contribution in [0.4, 0.5) is 13.2 Å². The second-order valence-corrected chi connectivity index (χ2v) is 3.53. The van der Waals surface area contributed by atoms with Crippen LogP contribution in [0.15, 0.2) is 24.3 Å². The van der Waals surface area contributed by atoms with Crippen LogP contribution in [0.3, 0.4) is 0 Å². The minimum absolute atomic E-state index is 0.0909. The molecule has 16 heavy (non-hydrogen) atoms. The Hall–Kier alpha value is -1.07. The number of benzene rings is 1. The smallest absolute Gasteiger partial charge is 0.396 e. The summed E-state index contributed by atoms with van der Waals surface area (Å²) >= 11 is 0. The SMILES string of the molecule is NCC(CCO)c1ccccc1C(F)(F)F. The molecule has 5 heteroatoms. The predicted molar refractivity (Wildman–Crippen MR) is 54.9 cm³/mol. The zero-order chi connectivity index (χ0) is 12.2. The molecule has 0 saturated carbocycles. The standard InChI is InChI=1S/C11H14F3NO/c12-11(13,14)10-4-2-1-3-9(10)8(7-15)5-6-16/h1-4,8,16H,5-7,15H2. The number of alkyl halides is 3. The van der Waals surface area contributed by atoms with Gasteiger partial charge in [-0.05, 0) is 30.5 Å². The predicted octanol–water partition coefficient (Wildman–Crippen LogP) is 2.13. The summed E-state index contributed by atoms with van der Waals surface area (Å²) in [5, 5.41) is 8.79. The Kier molecular flexibility index (Phi) is 4.32. The molecule has 1 aromatic carbocycles. The van der Waals surface area contributed by atoms with E-state index in [1.165, 1.54) is 12.1 Å². The first-order chi connectivity index (χ1) is 7.50. The minimum Gasteiger partial charge on any atom is -0.396 e. The average Bonchev–Trinajstić information content (AvgIpc) is 2.25. The fourth-order valence-electron chi connectivity index (χ4n) is 1.67. The lowest BCUT2D eigenvalue weighted by molar-refractivity contribution is -0.138. The normalized spacial score (nSPS) is 13.8. The van der Waals surface area contributed by atoms with Gasteiger partial charge in [-0.3, -0.25) is 0 Å². The van der Waals surface area contributed by atoms with E-state index in [4.69, 9.17) is 10.8 Å². The number of aliphatic hydroxyl groups excluding tert-OH is 1. The van der Waals surface area contributed by atoms with Gasteiger partial charge in [0.2, 0.25) is 0 Å². The molecule has 0 amide bonds. The number of nitrogens with two attached hydrogens (primary N) is 1. The van der Waals surface area contributed by atoms with E-state index in [1.807, 2.05) is 0 Å². The lowest BCUT2D eigenvalue weighted by atomic mass is 9.91. The first kappa shape index (κ1) is 13.0. The molecule has 0 fully saturated rings. The number of aliphatic hydroxyl groups is 1. The van der Waals surface area contributed by atoms with Gasteiger partial charge in [0.25, 0.3) is 0 Å². The largest absolute Gasteiger partial charge is 0.416 e. The second-order valence-electron chi connectivity index (χ2n) is 3.53. The third-order valence-corrected chi connectivity index (χ3v) is 2.47. The Morgan fingerprint density at radius 3 is 2.38 bits per heavy atom. The summed E-state index contributed by atoms with van der Waals surface area (Å²) in [6.07, 6.45) is -4.14. The van der Waals surface area contributed by atoms with Crippen LogP contribution in [0.2, 0.25) is 0 Å². The molecule has 90 valence electrons. The number of hydrogen-bond acceptors (Lipinski definition) is 2. The molecule has 0 saturated heterocycles. The fraction of sp³-hybridized carbons (Fsp3) is 0.455. The van der Waals surface area contributed by atoms with Crippen LogP contribution in [-0.4, -0.2) is 18.3 Å². The van der Waals surface area contributed by atoms with Crippen molar-refractivity contribution >= 4 is 0 Å².